The molecule has 1 heterocycles. The SMILES string of the molecule is CC(=O)Nc1ccc(CC(=O)N2CCC(C)Sc3ccccc32)cc1. The molecule has 1 unspecified atom stereocenters. The molecule has 2 aromatic rings. The monoisotopic (exact) mass is 354 g/mol. The van der Waals surface area contributed by atoms with Crippen LogP contribution in [0.15, 0.2) is 53.4 Å². The van der Waals surface area contributed by atoms with Crippen molar-refractivity contribution in [1.29, 1.82) is 0 Å². The van der Waals surface area contributed by atoms with Crippen LogP contribution in [-0.4, -0.2) is 23.6 Å². The zero-order chi connectivity index (χ0) is 17.8. The fourth-order valence-electron chi connectivity index (χ4n) is 2.93. The van der Waals surface area contributed by atoms with Gasteiger partial charge in [-0.3, -0.25) is 9.59 Å². The minimum absolute atomic E-state index is 0.100. The van der Waals surface area contributed by atoms with E-state index in [0.29, 0.717) is 11.7 Å². The van der Waals surface area contributed by atoms with E-state index in [-0.39, 0.29) is 11.8 Å². The molecule has 1 aliphatic rings. The summed E-state index contributed by atoms with van der Waals surface area (Å²) in [4.78, 5) is 27.1. The zero-order valence-corrected chi connectivity index (χ0v) is 15.3. The fraction of sp³-hybridized carbons (Fsp3) is 0.300. The van der Waals surface area contributed by atoms with Crippen LogP contribution in [0.5, 0.6) is 0 Å². The van der Waals surface area contributed by atoms with Crippen molar-refractivity contribution in [3.63, 3.8) is 0 Å². The first-order valence-electron chi connectivity index (χ1n) is 8.45. The van der Waals surface area contributed by atoms with Crippen molar-refractivity contribution in [1.82, 2.24) is 0 Å². The van der Waals surface area contributed by atoms with Gasteiger partial charge in [-0.1, -0.05) is 31.2 Å². The van der Waals surface area contributed by atoms with Gasteiger partial charge in [0.05, 0.1) is 12.1 Å². The third-order valence-electron chi connectivity index (χ3n) is 4.17. The summed E-state index contributed by atoms with van der Waals surface area (Å²) >= 11 is 1.83. The number of para-hydroxylation sites is 1. The van der Waals surface area contributed by atoms with E-state index in [1.165, 1.54) is 11.8 Å². The lowest BCUT2D eigenvalue weighted by Gasteiger charge is -2.22. The average molecular weight is 354 g/mol. The maximum absolute atomic E-state index is 12.9. The quantitative estimate of drug-likeness (QED) is 0.902. The zero-order valence-electron chi connectivity index (χ0n) is 14.5. The van der Waals surface area contributed by atoms with Crippen LogP contribution in [0.2, 0.25) is 0 Å². The van der Waals surface area contributed by atoms with E-state index in [9.17, 15) is 9.59 Å². The summed E-state index contributed by atoms with van der Waals surface area (Å²) in [6, 6.07) is 15.6. The molecule has 2 aromatic carbocycles. The molecule has 0 aromatic heterocycles. The van der Waals surface area contributed by atoms with Gasteiger partial charge in [0.1, 0.15) is 0 Å². The number of amides is 2. The van der Waals surface area contributed by atoms with E-state index in [4.69, 9.17) is 0 Å². The highest BCUT2D eigenvalue weighted by Crippen LogP contribution is 2.37. The van der Waals surface area contributed by atoms with Crippen LogP contribution in [-0.2, 0) is 16.0 Å². The Labute approximate surface area is 152 Å². The van der Waals surface area contributed by atoms with Crippen molar-refractivity contribution in [2.75, 3.05) is 16.8 Å². The molecule has 0 bridgehead atoms. The predicted molar refractivity (Wildman–Crippen MR) is 103 cm³/mol. The molecule has 0 aliphatic carbocycles. The summed E-state index contributed by atoms with van der Waals surface area (Å²) in [5, 5.41) is 3.23. The van der Waals surface area contributed by atoms with Gasteiger partial charge >= 0.3 is 0 Å². The van der Waals surface area contributed by atoms with Crippen LogP contribution in [0.4, 0.5) is 11.4 Å². The molecular formula is C20H22N2O2S. The standard InChI is InChI=1S/C20H22N2O2S/c1-14-11-12-22(18-5-3-4-6-19(18)25-14)20(24)13-16-7-9-17(10-8-16)21-15(2)23/h3-10,14H,11-13H2,1-2H3,(H,21,23). The molecule has 0 saturated carbocycles. The highest BCUT2D eigenvalue weighted by molar-refractivity contribution is 8.00. The predicted octanol–water partition coefficient (Wildman–Crippen LogP) is 4.11. The molecule has 0 fully saturated rings. The first kappa shape index (κ1) is 17.5. The molecule has 1 aliphatic heterocycles. The lowest BCUT2D eigenvalue weighted by atomic mass is 10.1. The number of hydrogen-bond acceptors (Lipinski definition) is 3. The van der Waals surface area contributed by atoms with E-state index in [2.05, 4.69) is 18.3 Å². The van der Waals surface area contributed by atoms with Gasteiger partial charge in [-0.25, -0.2) is 0 Å². The highest BCUT2D eigenvalue weighted by atomic mass is 32.2. The first-order valence-corrected chi connectivity index (χ1v) is 9.33. The van der Waals surface area contributed by atoms with Crippen molar-refractivity contribution in [2.45, 2.75) is 36.8 Å². The Hall–Kier alpha value is -2.27. The second-order valence-corrected chi connectivity index (χ2v) is 7.77. The molecule has 25 heavy (non-hydrogen) atoms. The maximum atomic E-state index is 12.9. The Morgan fingerprint density at radius 3 is 2.60 bits per heavy atom. The average Bonchev–Trinajstić information content (AvgIpc) is 2.74. The van der Waals surface area contributed by atoms with E-state index < -0.39 is 0 Å². The molecule has 0 spiro atoms. The van der Waals surface area contributed by atoms with Gasteiger partial charge in [-0.2, -0.15) is 0 Å². The first-order chi connectivity index (χ1) is 12.0. The molecule has 5 heteroatoms. The maximum Gasteiger partial charge on any atom is 0.231 e. The van der Waals surface area contributed by atoms with Crippen molar-refractivity contribution in [3.05, 3.63) is 54.1 Å². The molecule has 4 nitrogen and oxygen atoms in total. The minimum Gasteiger partial charge on any atom is -0.326 e. The van der Waals surface area contributed by atoms with Gasteiger partial charge in [0.2, 0.25) is 11.8 Å². The van der Waals surface area contributed by atoms with Crippen molar-refractivity contribution in [3.8, 4) is 0 Å². The number of hydrogen-bond donors (Lipinski definition) is 1. The van der Waals surface area contributed by atoms with Crippen LogP contribution in [0.3, 0.4) is 0 Å². The van der Waals surface area contributed by atoms with Crippen LogP contribution in [0, 0.1) is 0 Å². The number of nitrogens with one attached hydrogen (secondary N) is 1. The lowest BCUT2D eigenvalue weighted by Crippen LogP contribution is -2.33. The molecule has 1 atom stereocenters. The van der Waals surface area contributed by atoms with E-state index in [0.717, 1.165) is 29.9 Å². The second kappa shape index (κ2) is 7.74. The van der Waals surface area contributed by atoms with E-state index >= 15 is 0 Å². The summed E-state index contributed by atoms with van der Waals surface area (Å²) in [6.07, 6.45) is 1.33. The highest BCUT2D eigenvalue weighted by Gasteiger charge is 2.24. The third-order valence-corrected chi connectivity index (χ3v) is 5.41. The summed E-state index contributed by atoms with van der Waals surface area (Å²) in [5.41, 5.74) is 2.70. The Kier molecular flexibility index (Phi) is 5.43. The Morgan fingerprint density at radius 2 is 1.88 bits per heavy atom. The summed E-state index contributed by atoms with van der Waals surface area (Å²) in [7, 11) is 0. The number of carbonyl (C=O) groups is 2. The minimum atomic E-state index is -0.100. The van der Waals surface area contributed by atoms with Crippen LogP contribution in [0.1, 0.15) is 25.8 Å². The molecule has 130 valence electrons. The Bertz CT molecular complexity index is 774. The van der Waals surface area contributed by atoms with Gasteiger partial charge in [0.15, 0.2) is 0 Å². The number of benzene rings is 2. The number of carbonyl (C=O) groups excluding carboxylic acids is 2. The molecule has 0 saturated heterocycles. The number of rotatable bonds is 3. The summed E-state index contributed by atoms with van der Waals surface area (Å²) < 4.78 is 0. The topological polar surface area (TPSA) is 49.4 Å². The number of anilines is 2. The van der Waals surface area contributed by atoms with Crippen molar-refractivity contribution < 1.29 is 9.59 Å². The van der Waals surface area contributed by atoms with Gasteiger partial charge < -0.3 is 10.2 Å². The molecular weight excluding hydrogens is 332 g/mol. The van der Waals surface area contributed by atoms with Gasteiger partial charge in [-0.15, -0.1) is 11.8 Å². The normalized spacial score (nSPS) is 16.7. The largest absolute Gasteiger partial charge is 0.326 e. The molecule has 3 rings (SSSR count). The van der Waals surface area contributed by atoms with E-state index in [1.807, 2.05) is 59.1 Å². The lowest BCUT2D eigenvalue weighted by molar-refractivity contribution is -0.118. The van der Waals surface area contributed by atoms with Gasteiger partial charge in [-0.05, 0) is 36.2 Å². The fourth-order valence-corrected chi connectivity index (χ4v) is 4.04. The van der Waals surface area contributed by atoms with E-state index in [1.54, 1.807) is 0 Å². The summed E-state index contributed by atoms with van der Waals surface area (Å²) in [6.45, 7) is 4.43. The summed E-state index contributed by atoms with van der Waals surface area (Å²) in [5.74, 6) is 0.00560. The molecule has 1 N–H and O–H groups in total. The smallest absolute Gasteiger partial charge is 0.231 e. The van der Waals surface area contributed by atoms with Gasteiger partial charge in [0, 0.05) is 29.3 Å². The Morgan fingerprint density at radius 1 is 1.16 bits per heavy atom. The third kappa shape index (κ3) is 4.42. The van der Waals surface area contributed by atoms with Gasteiger partial charge in [0.25, 0.3) is 0 Å². The molecule has 2 amide bonds. The Balaban J connectivity index is 1.75. The van der Waals surface area contributed by atoms with Crippen molar-refractivity contribution >= 4 is 35.0 Å². The van der Waals surface area contributed by atoms with Crippen molar-refractivity contribution in [2.24, 2.45) is 0 Å². The number of fused-ring (bicyclic) bond motifs is 1. The molecule has 0 radical (unpaired) electrons. The second-order valence-electron chi connectivity index (χ2n) is 6.29. The number of thioether (sulfide) groups is 1. The van der Waals surface area contributed by atoms with Crippen LogP contribution in [0.25, 0.3) is 0 Å². The van der Waals surface area contributed by atoms with Crippen LogP contribution < -0.4 is 10.2 Å². The van der Waals surface area contributed by atoms with Crippen LogP contribution >= 0.6 is 11.8 Å². The number of nitrogens with zero attached hydrogens (tertiary/aromatic N) is 1.